The molecule has 1 aliphatic heterocycles. The van der Waals surface area contributed by atoms with E-state index in [4.69, 9.17) is 0 Å². The molecule has 0 bridgehead atoms. The minimum atomic E-state index is -0.166. The molecule has 1 aromatic rings. The lowest BCUT2D eigenvalue weighted by molar-refractivity contribution is -0.124. The highest BCUT2D eigenvalue weighted by Crippen LogP contribution is 2.18. The first kappa shape index (κ1) is 19.0. The van der Waals surface area contributed by atoms with Crippen LogP contribution in [0, 0.1) is 11.8 Å². The summed E-state index contributed by atoms with van der Waals surface area (Å²) in [4.78, 5) is 37.4. The van der Waals surface area contributed by atoms with Crippen molar-refractivity contribution >= 4 is 23.4 Å². The molecule has 2 rings (SSSR count). The summed E-state index contributed by atoms with van der Waals surface area (Å²) in [6, 6.07) is 6.78. The number of nitrogens with zero attached hydrogens (tertiary/aromatic N) is 1. The maximum Gasteiger partial charge on any atom is 0.321 e. The predicted molar refractivity (Wildman–Crippen MR) is 97.6 cm³/mol. The van der Waals surface area contributed by atoms with E-state index in [1.807, 2.05) is 13.8 Å². The van der Waals surface area contributed by atoms with Crippen LogP contribution in [0.5, 0.6) is 0 Å². The molecule has 136 valence electrons. The molecule has 1 fully saturated rings. The summed E-state index contributed by atoms with van der Waals surface area (Å²) in [5.41, 5.74) is 1.19. The van der Waals surface area contributed by atoms with Crippen molar-refractivity contribution in [2.24, 2.45) is 11.8 Å². The van der Waals surface area contributed by atoms with E-state index in [1.54, 1.807) is 29.2 Å². The van der Waals surface area contributed by atoms with Crippen molar-refractivity contribution in [1.29, 1.82) is 0 Å². The maximum atomic E-state index is 12.5. The zero-order valence-electron chi connectivity index (χ0n) is 15.2. The third-order valence-corrected chi connectivity index (χ3v) is 4.42. The fourth-order valence-corrected chi connectivity index (χ4v) is 2.88. The summed E-state index contributed by atoms with van der Waals surface area (Å²) in [6.07, 6.45) is 1.92. The summed E-state index contributed by atoms with van der Waals surface area (Å²) >= 11 is 0. The van der Waals surface area contributed by atoms with Gasteiger partial charge in [0.2, 0.25) is 5.91 Å². The van der Waals surface area contributed by atoms with Gasteiger partial charge in [-0.05, 0) is 37.8 Å². The van der Waals surface area contributed by atoms with Gasteiger partial charge >= 0.3 is 6.03 Å². The molecule has 1 saturated heterocycles. The maximum absolute atomic E-state index is 12.5. The molecule has 1 aliphatic rings. The van der Waals surface area contributed by atoms with Crippen LogP contribution >= 0.6 is 0 Å². The summed E-state index contributed by atoms with van der Waals surface area (Å²) < 4.78 is 0. The Morgan fingerprint density at radius 3 is 2.72 bits per heavy atom. The highest BCUT2D eigenvalue weighted by molar-refractivity contribution is 5.96. The summed E-state index contributed by atoms with van der Waals surface area (Å²) in [5.74, 6) is 0.250. The molecule has 2 N–H and O–H groups in total. The number of Topliss-reactive ketones (excluding diaryl/α,β-unsaturated/α-hetero) is 1. The number of likely N-dealkylation sites (tertiary alicyclic amines) is 1. The molecule has 25 heavy (non-hydrogen) atoms. The number of ketones is 1. The van der Waals surface area contributed by atoms with E-state index in [1.165, 1.54) is 6.92 Å². The van der Waals surface area contributed by atoms with Crippen molar-refractivity contribution in [3.05, 3.63) is 29.8 Å². The number of carbonyl (C=O) groups excluding carboxylic acids is 3. The number of hydrogen-bond donors (Lipinski definition) is 2. The number of carbonyl (C=O) groups is 3. The van der Waals surface area contributed by atoms with Crippen LogP contribution in [0.15, 0.2) is 24.3 Å². The topological polar surface area (TPSA) is 78.5 Å². The van der Waals surface area contributed by atoms with Crippen LogP contribution in [0.2, 0.25) is 0 Å². The Morgan fingerprint density at radius 2 is 2.04 bits per heavy atom. The van der Waals surface area contributed by atoms with Crippen molar-refractivity contribution in [1.82, 2.24) is 10.2 Å². The second-order valence-electron chi connectivity index (χ2n) is 6.92. The molecule has 1 aromatic carbocycles. The Hall–Kier alpha value is -2.37. The van der Waals surface area contributed by atoms with E-state index in [0.29, 0.717) is 30.9 Å². The number of amides is 3. The number of rotatable bonds is 5. The highest BCUT2D eigenvalue weighted by atomic mass is 16.2. The molecular formula is C19H27N3O3. The first-order chi connectivity index (χ1) is 11.9. The molecule has 3 amide bonds. The van der Waals surface area contributed by atoms with Crippen molar-refractivity contribution in [2.75, 3.05) is 25.0 Å². The third-order valence-electron chi connectivity index (χ3n) is 4.42. The largest absolute Gasteiger partial charge is 0.356 e. The van der Waals surface area contributed by atoms with Crippen LogP contribution in [0.3, 0.4) is 0 Å². The van der Waals surface area contributed by atoms with Gasteiger partial charge < -0.3 is 15.5 Å². The van der Waals surface area contributed by atoms with Gasteiger partial charge in [0.1, 0.15) is 0 Å². The molecule has 0 saturated carbocycles. The molecule has 6 nitrogen and oxygen atoms in total. The predicted octanol–water partition coefficient (Wildman–Crippen LogP) is 2.91. The second kappa shape index (κ2) is 8.65. The Kier molecular flexibility index (Phi) is 6.56. The molecule has 1 heterocycles. The third kappa shape index (κ3) is 5.59. The fraction of sp³-hybridized carbons (Fsp3) is 0.526. The van der Waals surface area contributed by atoms with E-state index in [9.17, 15) is 14.4 Å². The Bertz CT molecular complexity index is 643. The fourth-order valence-electron chi connectivity index (χ4n) is 2.88. The van der Waals surface area contributed by atoms with Gasteiger partial charge in [0, 0.05) is 36.8 Å². The van der Waals surface area contributed by atoms with Crippen molar-refractivity contribution < 1.29 is 14.4 Å². The standard InChI is InChI=1S/C19H27N3O3/c1-13(2)18(24)20-11-15-6-5-9-22(12-15)19(25)21-17-8-4-7-16(10-17)14(3)23/h4,7-8,10,13,15H,5-6,9,11-12H2,1-3H3,(H,20,24)(H,21,25). The van der Waals surface area contributed by atoms with Gasteiger partial charge in [-0.15, -0.1) is 0 Å². The average molecular weight is 345 g/mol. The SMILES string of the molecule is CC(=O)c1cccc(NC(=O)N2CCCC(CNC(=O)C(C)C)C2)c1. The van der Waals surface area contributed by atoms with Crippen LogP contribution in [0.4, 0.5) is 10.5 Å². The number of hydrogen-bond acceptors (Lipinski definition) is 3. The van der Waals surface area contributed by atoms with E-state index in [-0.39, 0.29) is 29.6 Å². The van der Waals surface area contributed by atoms with E-state index in [2.05, 4.69) is 10.6 Å². The Labute approximate surface area is 149 Å². The Balaban J connectivity index is 1.90. The normalized spacial score (nSPS) is 17.3. The van der Waals surface area contributed by atoms with Crippen molar-refractivity contribution in [2.45, 2.75) is 33.6 Å². The van der Waals surface area contributed by atoms with Gasteiger partial charge in [0.25, 0.3) is 0 Å². The van der Waals surface area contributed by atoms with E-state index < -0.39 is 0 Å². The lowest BCUT2D eigenvalue weighted by Gasteiger charge is -2.33. The molecule has 0 aromatic heterocycles. The second-order valence-corrected chi connectivity index (χ2v) is 6.92. The zero-order chi connectivity index (χ0) is 18.4. The highest BCUT2D eigenvalue weighted by Gasteiger charge is 2.24. The number of urea groups is 1. The lowest BCUT2D eigenvalue weighted by atomic mass is 9.98. The molecular weight excluding hydrogens is 318 g/mol. The number of nitrogens with one attached hydrogen (secondary N) is 2. The summed E-state index contributed by atoms with van der Waals surface area (Å²) in [7, 11) is 0. The molecule has 0 spiro atoms. The summed E-state index contributed by atoms with van der Waals surface area (Å²) in [6.45, 7) is 7.15. The quantitative estimate of drug-likeness (QED) is 0.806. The minimum absolute atomic E-state index is 0.0310. The summed E-state index contributed by atoms with van der Waals surface area (Å²) in [5, 5.41) is 5.80. The smallest absolute Gasteiger partial charge is 0.321 e. The van der Waals surface area contributed by atoms with Crippen LogP contribution in [0.25, 0.3) is 0 Å². The number of anilines is 1. The number of piperidine rings is 1. The first-order valence-electron chi connectivity index (χ1n) is 8.81. The average Bonchev–Trinajstić information content (AvgIpc) is 2.60. The van der Waals surface area contributed by atoms with Gasteiger partial charge in [-0.1, -0.05) is 26.0 Å². The Morgan fingerprint density at radius 1 is 1.28 bits per heavy atom. The van der Waals surface area contributed by atoms with Crippen molar-refractivity contribution in [3.8, 4) is 0 Å². The molecule has 1 unspecified atom stereocenters. The zero-order valence-corrected chi connectivity index (χ0v) is 15.2. The molecule has 0 radical (unpaired) electrons. The molecule has 1 atom stereocenters. The first-order valence-corrected chi connectivity index (χ1v) is 8.81. The lowest BCUT2D eigenvalue weighted by Crippen LogP contribution is -2.45. The van der Waals surface area contributed by atoms with Gasteiger partial charge in [-0.2, -0.15) is 0 Å². The van der Waals surface area contributed by atoms with Crippen LogP contribution in [-0.2, 0) is 4.79 Å². The van der Waals surface area contributed by atoms with Crippen LogP contribution < -0.4 is 10.6 Å². The van der Waals surface area contributed by atoms with Crippen LogP contribution in [-0.4, -0.2) is 42.3 Å². The van der Waals surface area contributed by atoms with Gasteiger partial charge in [0.05, 0.1) is 0 Å². The van der Waals surface area contributed by atoms with Gasteiger partial charge in [0.15, 0.2) is 5.78 Å². The van der Waals surface area contributed by atoms with Gasteiger partial charge in [-0.3, -0.25) is 9.59 Å². The van der Waals surface area contributed by atoms with Crippen LogP contribution in [0.1, 0.15) is 44.0 Å². The van der Waals surface area contributed by atoms with E-state index >= 15 is 0 Å². The van der Waals surface area contributed by atoms with Gasteiger partial charge in [-0.25, -0.2) is 4.79 Å². The molecule has 6 heteroatoms. The van der Waals surface area contributed by atoms with Crippen molar-refractivity contribution in [3.63, 3.8) is 0 Å². The monoisotopic (exact) mass is 345 g/mol. The van der Waals surface area contributed by atoms with E-state index in [0.717, 1.165) is 12.8 Å². The number of benzene rings is 1. The molecule has 0 aliphatic carbocycles. The minimum Gasteiger partial charge on any atom is -0.356 e.